The number of hydrogen-bond acceptors (Lipinski definition) is 2. The summed E-state index contributed by atoms with van der Waals surface area (Å²) in [5, 5.41) is 3.48. The molecule has 1 saturated heterocycles. The van der Waals surface area contributed by atoms with Crippen LogP contribution in [0.4, 0.5) is 8.78 Å². The molecule has 1 N–H and O–H groups in total. The normalized spacial score (nSPS) is 20.3. The maximum Gasteiger partial charge on any atom is 0.159 e. The molecule has 1 aliphatic rings. The van der Waals surface area contributed by atoms with Crippen LogP contribution < -0.4 is 5.32 Å². The van der Waals surface area contributed by atoms with Crippen LogP contribution in [0.2, 0.25) is 0 Å². The number of piperidine rings is 1. The highest BCUT2D eigenvalue weighted by molar-refractivity contribution is 5.17. The Kier molecular flexibility index (Phi) is 4.66. The third-order valence-electron chi connectivity index (χ3n) is 3.38. The van der Waals surface area contributed by atoms with Crippen LogP contribution in [0.25, 0.3) is 0 Å². The van der Waals surface area contributed by atoms with Gasteiger partial charge in [0, 0.05) is 19.1 Å². The Morgan fingerprint density at radius 1 is 1.28 bits per heavy atom. The number of nitrogens with one attached hydrogen (secondary N) is 1. The van der Waals surface area contributed by atoms with Crippen molar-refractivity contribution in [3.8, 4) is 0 Å². The minimum absolute atomic E-state index is 0.522. The van der Waals surface area contributed by atoms with Gasteiger partial charge in [0.15, 0.2) is 11.6 Å². The molecule has 1 fully saturated rings. The van der Waals surface area contributed by atoms with Crippen molar-refractivity contribution in [3.05, 3.63) is 35.4 Å². The van der Waals surface area contributed by atoms with Crippen LogP contribution in [0.1, 0.15) is 24.8 Å². The van der Waals surface area contributed by atoms with Crippen LogP contribution in [0, 0.1) is 11.6 Å². The average Bonchev–Trinajstić information content (AvgIpc) is 2.35. The van der Waals surface area contributed by atoms with Crippen molar-refractivity contribution in [1.82, 2.24) is 10.2 Å². The zero-order valence-corrected chi connectivity index (χ0v) is 10.8. The second-order valence-electron chi connectivity index (χ2n) is 5.09. The predicted molar refractivity (Wildman–Crippen MR) is 68.3 cm³/mol. The monoisotopic (exact) mass is 254 g/mol. The van der Waals surface area contributed by atoms with E-state index in [1.165, 1.54) is 31.4 Å². The lowest BCUT2D eigenvalue weighted by Crippen LogP contribution is -2.42. The summed E-state index contributed by atoms with van der Waals surface area (Å²) in [6.45, 7) is 2.68. The van der Waals surface area contributed by atoms with Crippen molar-refractivity contribution < 1.29 is 8.78 Å². The fourth-order valence-electron chi connectivity index (χ4n) is 2.47. The van der Waals surface area contributed by atoms with E-state index in [0.717, 1.165) is 18.7 Å². The molecule has 0 spiro atoms. The molecule has 100 valence electrons. The molecular formula is C14H20F2N2. The lowest BCUT2D eigenvalue weighted by molar-refractivity contribution is 0.256. The van der Waals surface area contributed by atoms with Gasteiger partial charge in [-0.2, -0.15) is 0 Å². The molecule has 1 unspecified atom stereocenters. The van der Waals surface area contributed by atoms with Crippen LogP contribution in [-0.2, 0) is 6.54 Å². The average molecular weight is 254 g/mol. The molecule has 0 amide bonds. The summed E-state index contributed by atoms with van der Waals surface area (Å²) in [7, 11) is 2.01. The molecule has 1 aromatic rings. The van der Waals surface area contributed by atoms with E-state index in [9.17, 15) is 8.78 Å². The van der Waals surface area contributed by atoms with Crippen molar-refractivity contribution in [2.24, 2.45) is 0 Å². The maximum absolute atomic E-state index is 13.1. The molecule has 1 atom stereocenters. The first-order valence-corrected chi connectivity index (χ1v) is 6.51. The Bertz CT molecular complexity index is 389. The SMILES string of the molecule is CN(Cc1ccc(F)c(F)c1)CC1CCCCN1. The summed E-state index contributed by atoms with van der Waals surface area (Å²) < 4.78 is 25.9. The third-order valence-corrected chi connectivity index (χ3v) is 3.38. The quantitative estimate of drug-likeness (QED) is 0.888. The minimum atomic E-state index is -0.782. The molecule has 0 radical (unpaired) electrons. The lowest BCUT2D eigenvalue weighted by atomic mass is 10.0. The van der Waals surface area contributed by atoms with Gasteiger partial charge < -0.3 is 10.2 Å². The van der Waals surface area contributed by atoms with Gasteiger partial charge in [-0.3, -0.25) is 0 Å². The minimum Gasteiger partial charge on any atom is -0.313 e. The number of hydrogen-bond donors (Lipinski definition) is 1. The van der Waals surface area contributed by atoms with E-state index in [0.29, 0.717) is 12.6 Å². The van der Waals surface area contributed by atoms with Crippen LogP contribution in [0.3, 0.4) is 0 Å². The molecule has 0 aromatic heterocycles. The predicted octanol–water partition coefficient (Wildman–Crippen LogP) is 2.54. The van der Waals surface area contributed by atoms with Gasteiger partial charge in [0.05, 0.1) is 0 Å². The Labute approximate surface area is 107 Å². The number of benzene rings is 1. The summed E-state index contributed by atoms with van der Waals surface area (Å²) in [5.74, 6) is -1.55. The largest absolute Gasteiger partial charge is 0.313 e. The van der Waals surface area contributed by atoms with E-state index in [4.69, 9.17) is 0 Å². The molecule has 2 rings (SSSR count). The van der Waals surface area contributed by atoms with Gasteiger partial charge in [-0.25, -0.2) is 8.78 Å². The molecule has 0 bridgehead atoms. The summed E-state index contributed by atoms with van der Waals surface area (Å²) in [6.07, 6.45) is 3.72. The van der Waals surface area contributed by atoms with Gasteiger partial charge in [-0.1, -0.05) is 12.5 Å². The van der Waals surface area contributed by atoms with E-state index in [1.807, 2.05) is 7.05 Å². The fourth-order valence-corrected chi connectivity index (χ4v) is 2.47. The van der Waals surface area contributed by atoms with E-state index in [-0.39, 0.29) is 0 Å². The second kappa shape index (κ2) is 6.25. The second-order valence-corrected chi connectivity index (χ2v) is 5.09. The van der Waals surface area contributed by atoms with Gasteiger partial charge in [-0.15, -0.1) is 0 Å². The Morgan fingerprint density at radius 2 is 2.11 bits per heavy atom. The first-order chi connectivity index (χ1) is 8.65. The van der Waals surface area contributed by atoms with Crippen molar-refractivity contribution in [1.29, 1.82) is 0 Å². The standard InChI is InChI=1S/C14H20F2N2/c1-18(10-12-4-2-3-7-17-12)9-11-5-6-13(15)14(16)8-11/h5-6,8,12,17H,2-4,7,9-10H2,1H3. The first kappa shape index (κ1) is 13.4. The van der Waals surface area contributed by atoms with Crippen LogP contribution >= 0.6 is 0 Å². The molecule has 0 aliphatic carbocycles. The van der Waals surface area contributed by atoms with Crippen molar-refractivity contribution in [3.63, 3.8) is 0 Å². The summed E-state index contributed by atoms with van der Waals surface area (Å²) >= 11 is 0. The Morgan fingerprint density at radius 3 is 2.78 bits per heavy atom. The highest BCUT2D eigenvalue weighted by Gasteiger charge is 2.14. The smallest absolute Gasteiger partial charge is 0.159 e. The molecule has 4 heteroatoms. The van der Waals surface area contributed by atoms with Crippen LogP contribution in [-0.4, -0.2) is 31.1 Å². The molecule has 18 heavy (non-hydrogen) atoms. The highest BCUT2D eigenvalue weighted by Crippen LogP contribution is 2.12. The van der Waals surface area contributed by atoms with Crippen LogP contribution in [0.15, 0.2) is 18.2 Å². The molecule has 1 aliphatic heterocycles. The third kappa shape index (κ3) is 3.75. The van der Waals surface area contributed by atoms with Gasteiger partial charge in [0.1, 0.15) is 0 Å². The van der Waals surface area contributed by atoms with Gasteiger partial charge in [0.2, 0.25) is 0 Å². The highest BCUT2D eigenvalue weighted by atomic mass is 19.2. The van der Waals surface area contributed by atoms with E-state index in [2.05, 4.69) is 10.2 Å². The molecule has 2 nitrogen and oxygen atoms in total. The maximum atomic E-state index is 13.1. The first-order valence-electron chi connectivity index (χ1n) is 6.51. The lowest BCUT2D eigenvalue weighted by Gasteiger charge is -2.28. The Hall–Kier alpha value is -1.00. The number of likely N-dealkylation sites (N-methyl/N-ethyl adjacent to an activating group) is 1. The molecular weight excluding hydrogens is 234 g/mol. The van der Waals surface area contributed by atoms with Gasteiger partial charge >= 0.3 is 0 Å². The zero-order chi connectivity index (χ0) is 13.0. The van der Waals surface area contributed by atoms with Gasteiger partial charge in [0.25, 0.3) is 0 Å². The van der Waals surface area contributed by atoms with Crippen molar-refractivity contribution >= 4 is 0 Å². The Balaban J connectivity index is 1.85. The fraction of sp³-hybridized carbons (Fsp3) is 0.571. The van der Waals surface area contributed by atoms with Crippen molar-refractivity contribution in [2.75, 3.05) is 20.1 Å². The van der Waals surface area contributed by atoms with E-state index in [1.54, 1.807) is 6.07 Å². The topological polar surface area (TPSA) is 15.3 Å². The van der Waals surface area contributed by atoms with Crippen molar-refractivity contribution in [2.45, 2.75) is 31.8 Å². The number of rotatable bonds is 4. The van der Waals surface area contributed by atoms with Gasteiger partial charge in [-0.05, 0) is 44.1 Å². The molecule has 1 heterocycles. The van der Waals surface area contributed by atoms with E-state index < -0.39 is 11.6 Å². The molecule has 0 saturated carbocycles. The summed E-state index contributed by atoms with van der Waals surface area (Å²) in [4.78, 5) is 2.15. The zero-order valence-electron chi connectivity index (χ0n) is 10.8. The molecule has 1 aromatic carbocycles. The summed E-state index contributed by atoms with van der Waals surface area (Å²) in [5.41, 5.74) is 0.812. The number of nitrogens with zero attached hydrogens (tertiary/aromatic N) is 1. The van der Waals surface area contributed by atoms with E-state index >= 15 is 0 Å². The summed E-state index contributed by atoms with van der Waals surface area (Å²) in [6, 6.07) is 4.63. The number of halogens is 2. The van der Waals surface area contributed by atoms with Crippen LogP contribution in [0.5, 0.6) is 0 Å².